The van der Waals surface area contributed by atoms with Crippen molar-refractivity contribution in [2.24, 2.45) is 50.2 Å². The molecule has 7 nitrogen and oxygen atoms in total. The molecule has 5 aliphatic carbocycles. The molecule has 0 aromatic heterocycles. The van der Waals surface area contributed by atoms with Crippen molar-refractivity contribution in [2.75, 3.05) is 6.61 Å². The highest BCUT2D eigenvalue weighted by atomic mass is 16.7. The molecule has 13 atom stereocenters. The molecule has 244 valence electrons. The summed E-state index contributed by atoms with van der Waals surface area (Å²) in [7, 11) is 0. The molecule has 6 aliphatic rings. The first kappa shape index (κ1) is 32.1. The fourth-order valence-corrected chi connectivity index (χ4v) is 11.9. The van der Waals surface area contributed by atoms with Gasteiger partial charge in [0.15, 0.2) is 12.1 Å². The largest absolute Gasteiger partial charge is 0.394 e. The first-order valence-electron chi connectivity index (χ1n) is 17.1. The lowest BCUT2D eigenvalue weighted by atomic mass is 9.33. The molecule has 7 heteroatoms. The summed E-state index contributed by atoms with van der Waals surface area (Å²) >= 11 is 0. The molecule has 1 aliphatic heterocycles. The SMILES string of the molecule is CC1(C)CCC2(C)CCC3(C)C(=CC(=O)C4C5(C)CCC(OC6OC(CO)C(O)C(O)C6O)C(C)(C)C5CCC43C)C2C1. The van der Waals surface area contributed by atoms with Gasteiger partial charge in [0.25, 0.3) is 0 Å². The number of carbonyl (C=O) groups excluding carboxylic acids is 1. The van der Waals surface area contributed by atoms with Crippen LogP contribution in [0.4, 0.5) is 0 Å². The van der Waals surface area contributed by atoms with Gasteiger partial charge in [-0.2, -0.15) is 0 Å². The number of aliphatic hydroxyl groups excluding tert-OH is 4. The van der Waals surface area contributed by atoms with E-state index in [2.05, 4.69) is 61.5 Å². The van der Waals surface area contributed by atoms with Crippen LogP contribution in [0.2, 0.25) is 0 Å². The Morgan fingerprint density at radius 2 is 1.53 bits per heavy atom. The second-order valence-electron chi connectivity index (χ2n) is 18.0. The van der Waals surface area contributed by atoms with Crippen LogP contribution in [0.1, 0.15) is 113 Å². The highest BCUT2D eigenvalue weighted by molar-refractivity contribution is 5.95. The molecule has 1 heterocycles. The summed E-state index contributed by atoms with van der Waals surface area (Å²) in [6, 6.07) is 0. The van der Waals surface area contributed by atoms with Crippen molar-refractivity contribution in [2.45, 2.75) is 150 Å². The van der Waals surface area contributed by atoms with Gasteiger partial charge in [0, 0.05) is 5.92 Å². The van der Waals surface area contributed by atoms with E-state index in [4.69, 9.17) is 9.47 Å². The Bertz CT molecular complexity index is 1160. The molecule has 43 heavy (non-hydrogen) atoms. The third-order valence-corrected chi connectivity index (χ3v) is 14.9. The second kappa shape index (κ2) is 10.1. The second-order valence-corrected chi connectivity index (χ2v) is 18.0. The molecule has 5 fully saturated rings. The molecule has 4 saturated carbocycles. The van der Waals surface area contributed by atoms with Crippen LogP contribution in [0.25, 0.3) is 0 Å². The summed E-state index contributed by atoms with van der Waals surface area (Å²) < 4.78 is 12.2. The van der Waals surface area contributed by atoms with Gasteiger partial charge >= 0.3 is 0 Å². The van der Waals surface area contributed by atoms with Gasteiger partial charge in [0.1, 0.15) is 24.4 Å². The number of rotatable bonds is 3. The number of hydrogen-bond donors (Lipinski definition) is 4. The zero-order chi connectivity index (χ0) is 31.5. The van der Waals surface area contributed by atoms with Gasteiger partial charge in [0.2, 0.25) is 0 Å². The smallest absolute Gasteiger partial charge is 0.186 e. The van der Waals surface area contributed by atoms with Gasteiger partial charge in [-0.25, -0.2) is 0 Å². The van der Waals surface area contributed by atoms with E-state index in [1.165, 1.54) is 31.3 Å². The number of allylic oxidation sites excluding steroid dienone is 2. The van der Waals surface area contributed by atoms with Gasteiger partial charge in [-0.15, -0.1) is 0 Å². The van der Waals surface area contributed by atoms with Crippen molar-refractivity contribution in [3.8, 4) is 0 Å². The third kappa shape index (κ3) is 4.45. The van der Waals surface area contributed by atoms with Crippen LogP contribution in [-0.4, -0.2) is 69.6 Å². The van der Waals surface area contributed by atoms with E-state index in [0.29, 0.717) is 23.5 Å². The monoisotopic (exact) mass is 602 g/mol. The van der Waals surface area contributed by atoms with Crippen LogP contribution in [-0.2, 0) is 14.3 Å². The van der Waals surface area contributed by atoms with E-state index in [9.17, 15) is 25.2 Å². The molecule has 1 saturated heterocycles. The number of aliphatic hydroxyl groups is 4. The van der Waals surface area contributed by atoms with E-state index in [1.54, 1.807) is 0 Å². The highest BCUT2D eigenvalue weighted by Crippen LogP contribution is 2.75. The lowest BCUT2D eigenvalue weighted by molar-refractivity contribution is -0.329. The first-order chi connectivity index (χ1) is 19.8. The van der Waals surface area contributed by atoms with Gasteiger partial charge in [-0.1, -0.05) is 61.0 Å². The Morgan fingerprint density at radius 3 is 2.21 bits per heavy atom. The lowest BCUT2D eigenvalue weighted by Crippen LogP contribution is -2.67. The van der Waals surface area contributed by atoms with Crippen LogP contribution in [0.15, 0.2) is 11.6 Å². The van der Waals surface area contributed by atoms with Crippen LogP contribution >= 0.6 is 0 Å². The zero-order valence-electron chi connectivity index (χ0n) is 27.9. The van der Waals surface area contributed by atoms with Crippen molar-refractivity contribution in [3.63, 3.8) is 0 Å². The summed E-state index contributed by atoms with van der Waals surface area (Å²) in [5.74, 6) is 0.980. The maximum Gasteiger partial charge on any atom is 0.186 e. The zero-order valence-corrected chi connectivity index (χ0v) is 27.9. The minimum atomic E-state index is -1.46. The Kier molecular flexibility index (Phi) is 7.53. The molecule has 0 radical (unpaired) electrons. The normalized spacial score (nSPS) is 54.0. The van der Waals surface area contributed by atoms with Gasteiger partial charge < -0.3 is 29.9 Å². The van der Waals surface area contributed by atoms with Gasteiger partial charge in [0.05, 0.1) is 12.7 Å². The average molecular weight is 603 g/mol. The molecule has 6 rings (SSSR count). The minimum Gasteiger partial charge on any atom is -0.394 e. The van der Waals surface area contributed by atoms with Crippen molar-refractivity contribution in [1.29, 1.82) is 0 Å². The molecule has 13 unspecified atom stereocenters. The number of carbonyl (C=O) groups is 1. The molecular weight excluding hydrogens is 544 g/mol. The predicted octanol–water partition coefficient (Wildman–Crippen LogP) is 5.17. The van der Waals surface area contributed by atoms with E-state index in [-0.39, 0.29) is 45.0 Å². The number of fused-ring (bicyclic) bond motifs is 7. The Hall–Kier alpha value is -0.830. The quantitative estimate of drug-likeness (QED) is 0.329. The van der Waals surface area contributed by atoms with E-state index in [0.717, 1.165) is 25.7 Å². The van der Waals surface area contributed by atoms with Crippen molar-refractivity contribution in [3.05, 3.63) is 11.6 Å². The standard InChI is InChI=1S/C36H58O7/c1-31(2)13-14-33(5)15-16-35(7)20(21(33)18-31)17-22(38)29-34(6)11-10-25(32(3,4)24(34)9-12-36(29,35)8)43-30-28(41)27(40)26(39)23(19-37)42-30/h17,21,23-30,37,39-41H,9-16,18-19H2,1-8H3. The van der Waals surface area contributed by atoms with E-state index < -0.39 is 37.3 Å². The van der Waals surface area contributed by atoms with Crippen molar-refractivity contribution < 1.29 is 34.7 Å². The Labute approximate surface area is 258 Å². The summed E-state index contributed by atoms with van der Waals surface area (Å²) in [6.07, 6.45) is 5.07. The molecule has 4 N–H and O–H groups in total. The Balaban J connectivity index is 1.31. The molecule has 0 aromatic carbocycles. The van der Waals surface area contributed by atoms with E-state index in [1.807, 2.05) is 0 Å². The molecule has 0 aromatic rings. The molecular formula is C36H58O7. The average Bonchev–Trinajstić information content (AvgIpc) is 2.92. The topological polar surface area (TPSA) is 116 Å². The number of hydrogen-bond acceptors (Lipinski definition) is 7. The Morgan fingerprint density at radius 1 is 0.860 bits per heavy atom. The van der Waals surface area contributed by atoms with E-state index >= 15 is 0 Å². The first-order valence-corrected chi connectivity index (χ1v) is 17.1. The highest BCUT2D eigenvalue weighted by Gasteiger charge is 2.70. The minimum absolute atomic E-state index is 0.00493. The van der Waals surface area contributed by atoms with Crippen LogP contribution in [0.5, 0.6) is 0 Å². The lowest BCUT2D eigenvalue weighted by Gasteiger charge is -2.70. The van der Waals surface area contributed by atoms with Crippen molar-refractivity contribution in [1.82, 2.24) is 0 Å². The maximum atomic E-state index is 14.6. The number of ether oxygens (including phenoxy) is 2. The molecule has 0 bridgehead atoms. The van der Waals surface area contributed by atoms with Gasteiger partial charge in [-0.3, -0.25) is 4.79 Å². The number of ketones is 1. The summed E-state index contributed by atoms with van der Waals surface area (Å²) in [6.45, 7) is 18.6. The predicted molar refractivity (Wildman–Crippen MR) is 164 cm³/mol. The summed E-state index contributed by atoms with van der Waals surface area (Å²) in [5.41, 5.74) is 1.43. The van der Waals surface area contributed by atoms with Crippen LogP contribution < -0.4 is 0 Å². The summed E-state index contributed by atoms with van der Waals surface area (Å²) in [5, 5.41) is 41.0. The van der Waals surface area contributed by atoms with Crippen LogP contribution in [0.3, 0.4) is 0 Å². The van der Waals surface area contributed by atoms with Crippen LogP contribution in [0, 0.1) is 50.2 Å². The van der Waals surface area contributed by atoms with Gasteiger partial charge in [-0.05, 0) is 108 Å². The molecule has 0 spiro atoms. The summed E-state index contributed by atoms with van der Waals surface area (Å²) in [4.78, 5) is 14.6. The molecule has 0 amide bonds. The van der Waals surface area contributed by atoms with Crippen molar-refractivity contribution >= 4 is 5.78 Å². The fourth-order valence-electron chi connectivity index (χ4n) is 11.9. The fraction of sp³-hybridized carbons (Fsp3) is 0.917. The third-order valence-electron chi connectivity index (χ3n) is 14.9. The maximum absolute atomic E-state index is 14.6.